The van der Waals surface area contributed by atoms with Crippen LogP contribution in [0.4, 0.5) is 16.3 Å². The number of amides is 1. The molecule has 0 unspecified atom stereocenters. The molecular formula is C16H20N4O2. The van der Waals surface area contributed by atoms with Crippen LogP contribution in [0.25, 0.3) is 0 Å². The molecule has 0 aromatic carbocycles. The lowest BCUT2D eigenvalue weighted by molar-refractivity contribution is 0.0635. The van der Waals surface area contributed by atoms with Crippen LogP contribution in [0, 0.1) is 0 Å². The molecule has 2 N–H and O–H groups in total. The number of hydrogen-bond donors (Lipinski definition) is 2. The molecule has 6 heteroatoms. The predicted molar refractivity (Wildman–Crippen MR) is 85.7 cm³/mol. The van der Waals surface area contributed by atoms with E-state index in [2.05, 4.69) is 20.6 Å². The number of hydrogen-bond acceptors (Lipinski definition) is 5. The number of rotatable bonds is 4. The van der Waals surface area contributed by atoms with Crippen LogP contribution in [0.1, 0.15) is 26.3 Å². The first kappa shape index (κ1) is 15.8. The van der Waals surface area contributed by atoms with Crippen molar-refractivity contribution in [1.82, 2.24) is 9.97 Å². The van der Waals surface area contributed by atoms with Crippen molar-refractivity contribution in [2.45, 2.75) is 32.9 Å². The summed E-state index contributed by atoms with van der Waals surface area (Å²) < 4.78 is 5.17. The van der Waals surface area contributed by atoms with E-state index in [9.17, 15) is 4.79 Å². The quantitative estimate of drug-likeness (QED) is 0.904. The number of nitrogens with zero attached hydrogens (tertiary/aromatic N) is 2. The fourth-order valence-corrected chi connectivity index (χ4v) is 1.69. The molecule has 0 bridgehead atoms. The summed E-state index contributed by atoms with van der Waals surface area (Å²) in [5, 5.41) is 5.84. The molecule has 2 aromatic heterocycles. The van der Waals surface area contributed by atoms with E-state index in [0.29, 0.717) is 12.4 Å². The lowest BCUT2D eigenvalue weighted by Crippen LogP contribution is -2.27. The third-order valence-electron chi connectivity index (χ3n) is 2.64. The SMILES string of the molecule is CC(C)(C)OC(=O)Nc1ccc(NCc2ccncc2)cn1. The molecule has 6 nitrogen and oxygen atoms in total. The molecule has 0 radical (unpaired) electrons. The van der Waals surface area contributed by atoms with Gasteiger partial charge in [-0.05, 0) is 50.6 Å². The van der Waals surface area contributed by atoms with Crippen LogP contribution in [0.15, 0.2) is 42.9 Å². The summed E-state index contributed by atoms with van der Waals surface area (Å²) in [6, 6.07) is 7.46. The molecule has 0 aliphatic rings. The first-order valence-corrected chi connectivity index (χ1v) is 7.01. The second kappa shape index (κ2) is 6.89. The topological polar surface area (TPSA) is 76.1 Å². The van der Waals surface area contributed by atoms with Gasteiger partial charge in [0, 0.05) is 18.9 Å². The van der Waals surface area contributed by atoms with Crippen LogP contribution in [-0.2, 0) is 11.3 Å². The Labute approximate surface area is 129 Å². The Hall–Kier alpha value is -2.63. The van der Waals surface area contributed by atoms with Gasteiger partial charge < -0.3 is 10.1 Å². The highest BCUT2D eigenvalue weighted by Crippen LogP contribution is 2.13. The number of ether oxygens (including phenoxy) is 1. The summed E-state index contributed by atoms with van der Waals surface area (Å²) in [4.78, 5) is 19.8. The Bertz CT molecular complexity index is 606. The summed E-state index contributed by atoms with van der Waals surface area (Å²) in [5.41, 5.74) is 1.47. The second-order valence-corrected chi connectivity index (χ2v) is 5.77. The van der Waals surface area contributed by atoms with E-state index in [1.165, 1.54) is 0 Å². The number of pyridine rings is 2. The molecular weight excluding hydrogens is 280 g/mol. The number of nitrogens with one attached hydrogen (secondary N) is 2. The number of carbonyl (C=O) groups is 1. The molecule has 2 heterocycles. The molecule has 2 rings (SSSR count). The minimum atomic E-state index is -0.532. The molecule has 0 fully saturated rings. The minimum Gasteiger partial charge on any atom is -0.444 e. The van der Waals surface area contributed by atoms with Gasteiger partial charge in [0.2, 0.25) is 0 Å². The van der Waals surface area contributed by atoms with Crippen LogP contribution in [0.3, 0.4) is 0 Å². The van der Waals surface area contributed by atoms with Gasteiger partial charge in [-0.2, -0.15) is 0 Å². The summed E-state index contributed by atoms with van der Waals surface area (Å²) in [6.45, 7) is 6.12. The fourth-order valence-electron chi connectivity index (χ4n) is 1.69. The average Bonchev–Trinajstić information content (AvgIpc) is 2.45. The van der Waals surface area contributed by atoms with Crippen LogP contribution in [0.2, 0.25) is 0 Å². The van der Waals surface area contributed by atoms with E-state index in [0.717, 1.165) is 11.3 Å². The maximum atomic E-state index is 11.6. The van der Waals surface area contributed by atoms with E-state index in [-0.39, 0.29) is 0 Å². The zero-order chi connectivity index (χ0) is 16.0. The third-order valence-corrected chi connectivity index (χ3v) is 2.64. The van der Waals surface area contributed by atoms with Crippen molar-refractivity contribution in [3.05, 3.63) is 48.4 Å². The molecule has 0 atom stereocenters. The van der Waals surface area contributed by atoms with Crippen LogP contribution in [0.5, 0.6) is 0 Å². The Balaban J connectivity index is 1.86. The largest absolute Gasteiger partial charge is 0.444 e. The van der Waals surface area contributed by atoms with Crippen molar-refractivity contribution in [3.8, 4) is 0 Å². The lowest BCUT2D eigenvalue weighted by Gasteiger charge is -2.19. The van der Waals surface area contributed by atoms with E-state index in [1.807, 2.05) is 39.0 Å². The number of carbonyl (C=O) groups excluding carboxylic acids is 1. The third kappa shape index (κ3) is 5.40. The fraction of sp³-hybridized carbons (Fsp3) is 0.312. The second-order valence-electron chi connectivity index (χ2n) is 5.77. The number of anilines is 2. The normalized spacial score (nSPS) is 10.9. The molecule has 0 aliphatic carbocycles. The van der Waals surface area contributed by atoms with Crippen LogP contribution >= 0.6 is 0 Å². The highest BCUT2D eigenvalue weighted by atomic mass is 16.6. The molecule has 0 spiro atoms. The molecule has 0 aliphatic heterocycles. The predicted octanol–water partition coefficient (Wildman–Crippen LogP) is 3.44. The Morgan fingerprint density at radius 3 is 2.50 bits per heavy atom. The van der Waals surface area contributed by atoms with Gasteiger partial charge in [-0.1, -0.05) is 0 Å². The lowest BCUT2D eigenvalue weighted by atomic mass is 10.2. The molecule has 0 saturated carbocycles. The zero-order valence-corrected chi connectivity index (χ0v) is 13.0. The first-order valence-electron chi connectivity index (χ1n) is 7.01. The Morgan fingerprint density at radius 2 is 1.91 bits per heavy atom. The average molecular weight is 300 g/mol. The minimum absolute atomic E-state index is 0.448. The number of aromatic nitrogens is 2. The van der Waals surface area contributed by atoms with Gasteiger partial charge in [-0.25, -0.2) is 9.78 Å². The van der Waals surface area contributed by atoms with Gasteiger partial charge in [-0.15, -0.1) is 0 Å². The van der Waals surface area contributed by atoms with Crippen molar-refractivity contribution in [3.63, 3.8) is 0 Å². The molecule has 1 amide bonds. The van der Waals surface area contributed by atoms with Crippen molar-refractivity contribution >= 4 is 17.6 Å². The maximum absolute atomic E-state index is 11.6. The Kier molecular flexibility index (Phi) is 4.93. The molecule has 0 saturated heterocycles. The zero-order valence-electron chi connectivity index (χ0n) is 13.0. The monoisotopic (exact) mass is 300 g/mol. The first-order chi connectivity index (χ1) is 10.4. The highest BCUT2D eigenvalue weighted by Gasteiger charge is 2.16. The molecule has 2 aromatic rings. The van der Waals surface area contributed by atoms with Crippen LogP contribution in [-0.4, -0.2) is 21.7 Å². The van der Waals surface area contributed by atoms with E-state index >= 15 is 0 Å². The molecule has 116 valence electrons. The van der Waals surface area contributed by atoms with Gasteiger partial charge in [0.25, 0.3) is 0 Å². The standard InChI is InChI=1S/C16H20N4O2/c1-16(2,3)22-15(21)20-14-5-4-13(11-19-14)18-10-12-6-8-17-9-7-12/h4-9,11,18H,10H2,1-3H3,(H,19,20,21). The van der Waals surface area contributed by atoms with Crippen LogP contribution < -0.4 is 10.6 Å². The van der Waals surface area contributed by atoms with Gasteiger partial charge in [0.1, 0.15) is 11.4 Å². The summed E-state index contributed by atoms with van der Waals surface area (Å²) in [6.07, 6.45) is 4.65. The van der Waals surface area contributed by atoms with E-state index in [1.54, 1.807) is 24.7 Å². The Morgan fingerprint density at radius 1 is 1.18 bits per heavy atom. The van der Waals surface area contributed by atoms with Gasteiger partial charge in [0.05, 0.1) is 11.9 Å². The molecule has 22 heavy (non-hydrogen) atoms. The van der Waals surface area contributed by atoms with Crippen molar-refractivity contribution in [2.75, 3.05) is 10.6 Å². The highest BCUT2D eigenvalue weighted by molar-refractivity contribution is 5.83. The van der Waals surface area contributed by atoms with Crippen molar-refractivity contribution < 1.29 is 9.53 Å². The maximum Gasteiger partial charge on any atom is 0.413 e. The van der Waals surface area contributed by atoms with E-state index in [4.69, 9.17) is 4.74 Å². The van der Waals surface area contributed by atoms with Crippen molar-refractivity contribution in [1.29, 1.82) is 0 Å². The summed E-state index contributed by atoms with van der Waals surface area (Å²) >= 11 is 0. The smallest absolute Gasteiger partial charge is 0.413 e. The van der Waals surface area contributed by atoms with Gasteiger partial charge in [-0.3, -0.25) is 10.3 Å². The van der Waals surface area contributed by atoms with E-state index < -0.39 is 11.7 Å². The van der Waals surface area contributed by atoms with Gasteiger partial charge in [0.15, 0.2) is 0 Å². The van der Waals surface area contributed by atoms with Gasteiger partial charge >= 0.3 is 6.09 Å². The summed E-state index contributed by atoms with van der Waals surface area (Å²) in [7, 11) is 0. The van der Waals surface area contributed by atoms with Crippen molar-refractivity contribution in [2.24, 2.45) is 0 Å². The summed E-state index contributed by atoms with van der Waals surface area (Å²) in [5.74, 6) is 0.448.